The van der Waals surface area contributed by atoms with Crippen LogP contribution in [0.15, 0.2) is 11.1 Å². The molecule has 1 aliphatic rings. The molecule has 0 aliphatic heterocycles. The third kappa shape index (κ3) is 3.17. The van der Waals surface area contributed by atoms with Gasteiger partial charge in [0, 0.05) is 0 Å². The Labute approximate surface area is 83.4 Å². The summed E-state index contributed by atoms with van der Waals surface area (Å²) in [6.07, 6.45) is 9.79. The van der Waals surface area contributed by atoms with Crippen LogP contribution >= 0.6 is 0 Å². The van der Waals surface area contributed by atoms with Crippen LogP contribution in [0.5, 0.6) is 0 Å². The van der Waals surface area contributed by atoms with Gasteiger partial charge in [0.25, 0.3) is 0 Å². The minimum absolute atomic E-state index is 0.841. The molecule has 0 heteroatoms. The van der Waals surface area contributed by atoms with Gasteiger partial charge in [-0.15, -0.1) is 0 Å². The summed E-state index contributed by atoms with van der Waals surface area (Å²) in [7, 11) is 0. The van der Waals surface area contributed by atoms with E-state index in [9.17, 15) is 0 Å². The molecule has 0 radical (unpaired) electrons. The summed E-state index contributed by atoms with van der Waals surface area (Å²) in [5.41, 5.74) is 3.49. The lowest BCUT2D eigenvalue weighted by atomic mass is 9.92. The summed E-state index contributed by atoms with van der Waals surface area (Å²) in [4.78, 5) is 0. The Hall–Kier alpha value is -0.260. The minimum atomic E-state index is 0.841. The van der Waals surface area contributed by atoms with Crippen LogP contribution in [0, 0.1) is 5.92 Å². The van der Waals surface area contributed by atoms with Crippen molar-refractivity contribution in [3.05, 3.63) is 11.1 Å². The molecule has 0 nitrogen and oxygen atoms in total. The van der Waals surface area contributed by atoms with Gasteiger partial charge in [-0.05, 0) is 44.9 Å². The molecule has 1 rings (SSSR count). The van der Waals surface area contributed by atoms with Crippen molar-refractivity contribution < 1.29 is 0 Å². The monoisotopic (exact) mass is 180 g/mol. The Balaban J connectivity index is 2.44. The fourth-order valence-corrected chi connectivity index (χ4v) is 2.27. The zero-order valence-corrected chi connectivity index (χ0v) is 9.53. The third-order valence-electron chi connectivity index (χ3n) is 3.49. The molecule has 0 heterocycles. The van der Waals surface area contributed by atoms with Gasteiger partial charge in [0.2, 0.25) is 0 Å². The zero-order chi connectivity index (χ0) is 9.68. The summed E-state index contributed by atoms with van der Waals surface area (Å²) in [5.74, 6) is 0.841. The average molecular weight is 180 g/mol. The number of hydrogen-bond donors (Lipinski definition) is 0. The molecule has 13 heavy (non-hydrogen) atoms. The molecule has 0 aromatic carbocycles. The van der Waals surface area contributed by atoms with Gasteiger partial charge < -0.3 is 0 Å². The van der Waals surface area contributed by atoms with Crippen molar-refractivity contribution in [3.63, 3.8) is 0 Å². The topological polar surface area (TPSA) is 0 Å². The largest absolute Gasteiger partial charge is 0.0713 e. The minimum Gasteiger partial charge on any atom is -0.0713 e. The average Bonchev–Trinajstić information content (AvgIpc) is 2.65. The summed E-state index contributed by atoms with van der Waals surface area (Å²) in [5, 5.41) is 0. The lowest BCUT2D eigenvalue weighted by Gasteiger charge is -2.14. The molecule has 0 spiro atoms. The first-order valence-electron chi connectivity index (χ1n) is 5.94. The van der Waals surface area contributed by atoms with Gasteiger partial charge in [-0.2, -0.15) is 0 Å². The number of allylic oxidation sites excluding steroid dienone is 2. The van der Waals surface area contributed by atoms with Gasteiger partial charge in [-0.3, -0.25) is 0 Å². The van der Waals surface area contributed by atoms with Crippen LogP contribution in [-0.4, -0.2) is 0 Å². The van der Waals surface area contributed by atoms with E-state index in [0.29, 0.717) is 0 Å². The van der Waals surface area contributed by atoms with Crippen LogP contribution < -0.4 is 0 Å². The van der Waals surface area contributed by atoms with E-state index >= 15 is 0 Å². The van der Waals surface area contributed by atoms with Crippen molar-refractivity contribution >= 4 is 0 Å². The van der Waals surface area contributed by atoms with E-state index in [1.165, 1.54) is 44.9 Å². The number of rotatable bonds is 4. The van der Waals surface area contributed by atoms with Crippen LogP contribution in [0.3, 0.4) is 0 Å². The fourth-order valence-electron chi connectivity index (χ4n) is 2.27. The van der Waals surface area contributed by atoms with Crippen LogP contribution in [0.25, 0.3) is 0 Å². The van der Waals surface area contributed by atoms with Gasteiger partial charge in [-0.1, -0.05) is 37.8 Å². The van der Waals surface area contributed by atoms with Crippen molar-refractivity contribution in [3.8, 4) is 0 Å². The van der Waals surface area contributed by atoms with Gasteiger partial charge in [0.15, 0.2) is 0 Å². The fraction of sp³-hybridized carbons (Fsp3) is 0.846. The van der Waals surface area contributed by atoms with E-state index in [4.69, 9.17) is 0 Å². The van der Waals surface area contributed by atoms with Gasteiger partial charge in [-0.25, -0.2) is 0 Å². The van der Waals surface area contributed by atoms with Crippen LogP contribution in [0.2, 0.25) is 0 Å². The van der Waals surface area contributed by atoms with Crippen molar-refractivity contribution in [2.45, 2.75) is 65.7 Å². The zero-order valence-electron chi connectivity index (χ0n) is 9.53. The molecule has 1 fully saturated rings. The maximum absolute atomic E-state index is 2.40. The standard InChI is InChI=1S/C13H24/c1-4-5-8-11(2)12(3)13-9-6-7-10-13/h11H,4-10H2,1-3H3/t11-/m1/s1. The Bertz CT molecular complexity index is 168. The molecule has 0 bridgehead atoms. The lowest BCUT2D eigenvalue weighted by molar-refractivity contribution is 0.565. The highest BCUT2D eigenvalue weighted by Gasteiger charge is 2.13. The Morgan fingerprint density at radius 1 is 1.31 bits per heavy atom. The molecular formula is C13H24. The molecule has 0 saturated heterocycles. The molecule has 0 N–H and O–H groups in total. The highest BCUT2D eigenvalue weighted by molar-refractivity contribution is 5.16. The maximum atomic E-state index is 2.40. The van der Waals surface area contributed by atoms with E-state index in [2.05, 4.69) is 20.8 Å². The SMILES string of the molecule is CCCC[C@@H](C)C(C)=C1CCCC1. The smallest absolute Gasteiger partial charge is 0.0232 e. The Morgan fingerprint density at radius 3 is 2.46 bits per heavy atom. The summed E-state index contributed by atoms with van der Waals surface area (Å²) >= 11 is 0. The molecule has 1 aliphatic carbocycles. The van der Waals surface area contributed by atoms with Crippen molar-refractivity contribution in [1.82, 2.24) is 0 Å². The Kier molecular flexibility index (Phi) is 4.55. The Morgan fingerprint density at radius 2 is 1.92 bits per heavy atom. The van der Waals surface area contributed by atoms with E-state index in [0.717, 1.165) is 5.92 Å². The lowest BCUT2D eigenvalue weighted by Crippen LogP contribution is -1.99. The van der Waals surface area contributed by atoms with E-state index in [-0.39, 0.29) is 0 Å². The van der Waals surface area contributed by atoms with E-state index in [1.807, 2.05) is 0 Å². The summed E-state index contributed by atoms with van der Waals surface area (Å²) < 4.78 is 0. The van der Waals surface area contributed by atoms with Crippen molar-refractivity contribution in [2.75, 3.05) is 0 Å². The maximum Gasteiger partial charge on any atom is -0.0232 e. The molecule has 0 aromatic heterocycles. The molecule has 0 unspecified atom stereocenters. The number of unbranched alkanes of at least 4 members (excludes halogenated alkanes) is 1. The highest BCUT2D eigenvalue weighted by Crippen LogP contribution is 2.31. The predicted octanol–water partition coefficient (Wildman–Crippen LogP) is 4.70. The van der Waals surface area contributed by atoms with Crippen molar-refractivity contribution in [1.29, 1.82) is 0 Å². The first kappa shape index (κ1) is 10.8. The second-order valence-electron chi connectivity index (χ2n) is 4.54. The van der Waals surface area contributed by atoms with Crippen LogP contribution in [0.4, 0.5) is 0 Å². The molecule has 76 valence electrons. The highest BCUT2D eigenvalue weighted by atomic mass is 14.2. The number of hydrogen-bond acceptors (Lipinski definition) is 0. The quantitative estimate of drug-likeness (QED) is 0.550. The second kappa shape index (κ2) is 5.47. The van der Waals surface area contributed by atoms with E-state index in [1.54, 1.807) is 11.1 Å². The van der Waals surface area contributed by atoms with Crippen LogP contribution in [0.1, 0.15) is 65.7 Å². The summed E-state index contributed by atoms with van der Waals surface area (Å²) in [6.45, 7) is 7.04. The molecule has 0 amide bonds. The molecule has 0 aromatic rings. The van der Waals surface area contributed by atoms with Gasteiger partial charge in [0.1, 0.15) is 0 Å². The first-order valence-corrected chi connectivity index (χ1v) is 5.94. The van der Waals surface area contributed by atoms with Gasteiger partial charge in [0.05, 0.1) is 0 Å². The summed E-state index contributed by atoms with van der Waals surface area (Å²) in [6, 6.07) is 0. The normalized spacial score (nSPS) is 19.2. The predicted molar refractivity (Wildman–Crippen MR) is 59.9 cm³/mol. The first-order chi connectivity index (χ1) is 6.25. The second-order valence-corrected chi connectivity index (χ2v) is 4.54. The van der Waals surface area contributed by atoms with Crippen LogP contribution in [-0.2, 0) is 0 Å². The molecular weight excluding hydrogens is 156 g/mol. The third-order valence-corrected chi connectivity index (χ3v) is 3.49. The van der Waals surface area contributed by atoms with Crippen molar-refractivity contribution in [2.24, 2.45) is 5.92 Å². The molecule has 1 atom stereocenters. The molecule has 1 saturated carbocycles. The van der Waals surface area contributed by atoms with Gasteiger partial charge >= 0.3 is 0 Å². The van der Waals surface area contributed by atoms with E-state index < -0.39 is 0 Å².